The largest absolute Gasteiger partial charge is 0.282 e. The van der Waals surface area contributed by atoms with Gasteiger partial charge in [-0.15, -0.1) is 0 Å². The summed E-state index contributed by atoms with van der Waals surface area (Å²) in [6, 6.07) is 10.2. The molecule has 3 nitrogen and oxygen atoms in total. The van der Waals surface area contributed by atoms with Gasteiger partial charge in [-0.3, -0.25) is 14.8 Å². The Balaban J connectivity index is 2.25. The van der Waals surface area contributed by atoms with Crippen LogP contribution in [0, 0.1) is 5.41 Å². The van der Waals surface area contributed by atoms with Crippen LogP contribution in [-0.2, 0) is 4.79 Å². The number of benzene rings is 1. The van der Waals surface area contributed by atoms with Gasteiger partial charge in [-0.1, -0.05) is 31.5 Å². The van der Waals surface area contributed by atoms with Crippen LogP contribution in [0.15, 0.2) is 30.3 Å². The van der Waals surface area contributed by atoms with Gasteiger partial charge in [0.1, 0.15) is 0 Å². The maximum absolute atomic E-state index is 12.4. The van der Waals surface area contributed by atoms with Gasteiger partial charge in [0.15, 0.2) is 0 Å². The van der Waals surface area contributed by atoms with E-state index in [0.717, 1.165) is 31.6 Å². The highest BCUT2D eigenvalue weighted by Crippen LogP contribution is 2.33. The molecule has 0 atom stereocenters. The number of rotatable bonds is 4. The maximum atomic E-state index is 12.4. The number of para-hydroxylation sites is 1. The van der Waals surface area contributed by atoms with E-state index in [2.05, 4.69) is 24.1 Å². The zero-order chi connectivity index (χ0) is 13.2. The van der Waals surface area contributed by atoms with E-state index < -0.39 is 0 Å². The number of hydrazine groups is 1. The molecule has 1 aliphatic rings. The number of amides is 1. The summed E-state index contributed by atoms with van der Waals surface area (Å²) in [5.41, 5.74) is 0.816. The molecule has 0 aliphatic carbocycles. The van der Waals surface area contributed by atoms with E-state index >= 15 is 0 Å². The molecule has 1 aromatic carbocycles. The van der Waals surface area contributed by atoms with Gasteiger partial charge in [-0.25, -0.2) is 0 Å². The molecule has 0 spiro atoms. The molecule has 1 aliphatic heterocycles. The third kappa shape index (κ3) is 2.35. The smallest absolute Gasteiger partial charge is 0.248 e. The van der Waals surface area contributed by atoms with Crippen molar-refractivity contribution < 1.29 is 4.79 Å². The Morgan fingerprint density at radius 1 is 1.22 bits per heavy atom. The van der Waals surface area contributed by atoms with Crippen molar-refractivity contribution in [1.82, 2.24) is 5.01 Å². The van der Waals surface area contributed by atoms with Crippen LogP contribution in [0.4, 0.5) is 5.69 Å². The van der Waals surface area contributed by atoms with Gasteiger partial charge in [-0.05, 0) is 32.4 Å². The molecule has 0 radical (unpaired) electrons. The molecule has 1 amide bonds. The summed E-state index contributed by atoms with van der Waals surface area (Å²) in [5.74, 6) is 0.236. The molecule has 0 aromatic heterocycles. The number of hydrogen-bond donors (Lipinski definition) is 0. The highest BCUT2D eigenvalue weighted by molar-refractivity contribution is 5.87. The van der Waals surface area contributed by atoms with E-state index in [-0.39, 0.29) is 11.3 Å². The number of nitrogens with zero attached hydrogens (tertiary/aromatic N) is 2. The Hall–Kier alpha value is -1.51. The first-order chi connectivity index (χ1) is 8.56. The molecule has 2 rings (SSSR count). The van der Waals surface area contributed by atoms with Crippen LogP contribution in [-0.4, -0.2) is 24.0 Å². The van der Waals surface area contributed by atoms with Gasteiger partial charge in [0.05, 0.1) is 17.6 Å². The highest BCUT2D eigenvalue weighted by atomic mass is 16.2. The van der Waals surface area contributed by atoms with E-state index in [0.29, 0.717) is 0 Å². The summed E-state index contributed by atoms with van der Waals surface area (Å²) < 4.78 is 0. The summed E-state index contributed by atoms with van der Waals surface area (Å²) in [5, 5.41) is 4.04. The minimum absolute atomic E-state index is 0.236. The van der Waals surface area contributed by atoms with Crippen molar-refractivity contribution in [2.45, 2.75) is 33.6 Å². The maximum Gasteiger partial charge on any atom is 0.248 e. The number of carbonyl (C=O) groups is 1. The Kier molecular flexibility index (Phi) is 3.60. The van der Waals surface area contributed by atoms with Crippen molar-refractivity contribution in [3.8, 4) is 0 Å². The van der Waals surface area contributed by atoms with Crippen molar-refractivity contribution in [2.24, 2.45) is 5.41 Å². The van der Waals surface area contributed by atoms with Crippen LogP contribution in [0.25, 0.3) is 0 Å². The lowest BCUT2D eigenvalue weighted by molar-refractivity contribution is -0.134. The summed E-state index contributed by atoms with van der Waals surface area (Å²) >= 11 is 0. The minimum atomic E-state index is -0.288. The van der Waals surface area contributed by atoms with E-state index in [1.54, 1.807) is 0 Å². The van der Waals surface area contributed by atoms with E-state index in [4.69, 9.17) is 0 Å². The van der Waals surface area contributed by atoms with E-state index in [1.807, 2.05) is 37.1 Å². The molecule has 0 N–H and O–H groups in total. The van der Waals surface area contributed by atoms with Gasteiger partial charge < -0.3 is 0 Å². The van der Waals surface area contributed by atoms with Crippen LogP contribution in [0.3, 0.4) is 0 Å². The molecule has 1 aromatic rings. The first-order valence-corrected chi connectivity index (χ1v) is 6.71. The quantitative estimate of drug-likeness (QED) is 0.815. The van der Waals surface area contributed by atoms with E-state index in [1.165, 1.54) is 0 Å². The standard InChI is InChI=1S/C15H22N2O/c1-4-5-11-16-14(18)15(2,3)12-17(16)13-9-7-6-8-10-13/h6-10H,4-5,11-12H2,1-3H3. The second-order valence-corrected chi connectivity index (χ2v) is 5.56. The number of anilines is 1. The number of unbranched alkanes of at least 4 members (excludes halogenated alkanes) is 1. The fraction of sp³-hybridized carbons (Fsp3) is 0.533. The van der Waals surface area contributed by atoms with Crippen molar-refractivity contribution >= 4 is 11.6 Å². The lowest BCUT2D eigenvalue weighted by Crippen LogP contribution is -2.40. The molecule has 0 saturated carbocycles. The Labute approximate surface area is 109 Å². The molecule has 1 fully saturated rings. The zero-order valence-corrected chi connectivity index (χ0v) is 11.5. The van der Waals surface area contributed by atoms with Crippen LogP contribution in [0.2, 0.25) is 0 Å². The van der Waals surface area contributed by atoms with Crippen LogP contribution in [0.1, 0.15) is 33.6 Å². The molecular formula is C15H22N2O. The van der Waals surface area contributed by atoms with Crippen molar-refractivity contribution in [1.29, 1.82) is 0 Å². The summed E-state index contributed by atoms with van der Waals surface area (Å²) in [7, 11) is 0. The summed E-state index contributed by atoms with van der Waals surface area (Å²) in [4.78, 5) is 12.4. The molecule has 98 valence electrons. The van der Waals surface area contributed by atoms with E-state index in [9.17, 15) is 4.79 Å². The van der Waals surface area contributed by atoms with Crippen molar-refractivity contribution in [2.75, 3.05) is 18.1 Å². The molecule has 1 heterocycles. The predicted molar refractivity (Wildman–Crippen MR) is 74.2 cm³/mol. The molecular weight excluding hydrogens is 224 g/mol. The summed E-state index contributed by atoms with van der Waals surface area (Å²) in [6.45, 7) is 7.78. The Morgan fingerprint density at radius 3 is 2.50 bits per heavy atom. The molecule has 0 unspecified atom stereocenters. The summed E-state index contributed by atoms with van der Waals surface area (Å²) in [6.07, 6.45) is 2.15. The SMILES string of the molecule is CCCCN1C(=O)C(C)(C)CN1c1ccccc1. The van der Waals surface area contributed by atoms with Crippen molar-refractivity contribution in [3.63, 3.8) is 0 Å². The lowest BCUT2D eigenvalue weighted by atomic mass is 9.94. The van der Waals surface area contributed by atoms with Gasteiger partial charge in [-0.2, -0.15) is 0 Å². The number of carbonyl (C=O) groups excluding carboxylic acids is 1. The minimum Gasteiger partial charge on any atom is -0.282 e. The second kappa shape index (κ2) is 5.01. The topological polar surface area (TPSA) is 23.6 Å². The van der Waals surface area contributed by atoms with Crippen LogP contribution >= 0.6 is 0 Å². The normalized spacial score (nSPS) is 18.5. The molecule has 3 heteroatoms. The van der Waals surface area contributed by atoms with Crippen LogP contribution in [0.5, 0.6) is 0 Å². The van der Waals surface area contributed by atoms with Gasteiger partial charge in [0.2, 0.25) is 5.91 Å². The second-order valence-electron chi connectivity index (χ2n) is 5.56. The first-order valence-electron chi connectivity index (χ1n) is 6.71. The lowest BCUT2D eigenvalue weighted by Gasteiger charge is -2.29. The first kappa shape index (κ1) is 12.9. The monoisotopic (exact) mass is 246 g/mol. The molecule has 0 bridgehead atoms. The van der Waals surface area contributed by atoms with Gasteiger partial charge in [0, 0.05) is 6.54 Å². The fourth-order valence-electron chi connectivity index (χ4n) is 2.35. The third-order valence-corrected chi connectivity index (χ3v) is 3.43. The Bertz CT molecular complexity index is 414. The average Bonchev–Trinajstić information content (AvgIpc) is 2.60. The molecule has 1 saturated heterocycles. The Morgan fingerprint density at radius 2 is 1.89 bits per heavy atom. The average molecular weight is 246 g/mol. The number of hydrogen-bond acceptors (Lipinski definition) is 2. The van der Waals surface area contributed by atoms with Crippen LogP contribution < -0.4 is 5.01 Å². The van der Waals surface area contributed by atoms with Gasteiger partial charge in [0.25, 0.3) is 0 Å². The third-order valence-electron chi connectivity index (χ3n) is 3.43. The molecule has 18 heavy (non-hydrogen) atoms. The highest BCUT2D eigenvalue weighted by Gasteiger charge is 2.43. The zero-order valence-electron chi connectivity index (χ0n) is 11.5. The predicted octanol–water partition coefficient (Wildman–Crippen LogP) is 3.08. The van der Waals surface area contributed by atoms with Gasteiger partial charge >= 0.3 is 0 Å². The van der Waals surface area contributed by atoms with Crippen molar-refractivity contribution in [3.05, 3.63) is 30.3 Å². The fourth-order valence-corrected chi connectivity index (χ4v) is 2.35.